The molecule has 0 aliphatic heterocycles. The van der Waals surface area contributed by atoms with E-state index in [9.17, 15) is 4.57 Å². The van der Waals surface area contributed by atoms with Gasteiger partial charge in [-0.3, -0.25) is 4.57 Å². The summed E-state index contributed by atoms with van der Waals surface area (Å²) in [4.78, 5) is 0. The molecule has 0 unspecified atom stereocenters. The first-order valence-electron chi connectivity index (χ1n) is 7.82. The minimum Gasteiger partial charge on any atom is -0.309 e. The molecule has 3 nitrogen and oxygen atoms in total. The highest BCUT2D eigenvalue weighted by Gasteiger charge is 2.29. The van der Waals surface area contributed by atoms with Crippen molar-refractivity contribution >= 4 is 23.7 Å². The number of hydrogen-bond acceptors (Lipinski definition) is 3. The minimum atomic E-state index is -3.38. The molecule has 0 saturated heterocycles. The van der Waals surface area contributed by atoms with Crippen molar-refractivity contribution < 1.29 is 13.6 Å². The van der Waals surface area contributed by atoms with Crippen molar-refractivity contribution in [2.24, 2.45) is 0 Å². The number of hydrogen-bond donors (Lipinski definition) is 0. The third-order valence-electron chi connectivity index (χ3n) is 4.56. The molecule has 0 spiro atoms. The van der Waals surface area contributed by atoms with E-state index in [1.807, 2.05) is 36.4 Å². The SMILES string of the molecule is COP(=O)(OC)c1ccc2ccccc2c1-c1cccc(C)c1C. The first-order valence-corrected chi connectivity index (χ1v) is 9.36. The second-order valence-corrected chi connectivity index (χ2v) is 8.00. The van der Waals surface area contributed by atoms with E-state index >= 15 is 0 Å². The van der Waals surface area contributed by atoms with Crippen LogP contribution >= 0.6 is 7.60 Å². The molecule has 3 aromatic rings. The van der Waals surface area contributed by atoms with Crippen molar-refractivity contribution in [2.75, 3.05) is 14.2 Å². The maximum atomic E-state index is 13.1. The zero-order chi connectivity index (χ0) is 17.3. The Bertz CT molecular complexity index is 939. The van der Waals surface area contributed by atoms with E-state index in [2.05, 4.69) is 32.0 Å². The minimum absolute atomic E-state index is 0.597. The van der Waals surface area contributed by atoms with Crippen molar-refractivity contribution in [2.45, 2.75) is 13.8 Å². The van der Waals surface area contributed by atoms with Gasteiger partial charge in [-0.1, -0.05) is 48.5 Å². The zero-order valence-electron chi connectivity index (χ0n) is 14.4. The van der Waals surface area contributed by atoms with Gasteiger partial charge in [0.25, 0.3) is 0 Å². The lowest BCUT2D eigenvalue weighted by Crippen LogP contribution is -2.12. The molecule has 0 aliphatic rings. The van der Waals surface area contributed by atoms with Gasteiger partial charge in [0.05, 0.1) is 5.30 Å². The summed E-state index contributed by atoms with van der Waals surface area (Å²) in [6.07, 6.45) is 0. The Hall–Kier alpha value is -1.93. The van der Waals surface area contributed by atoms with Crippen molar-refractivity contribution in [3.8, 4) is 11.1 Å². The molecule has 0 heterocycles. The maximum absolute atomic E-state index is 13.1. The average molecular weight is 340 g/mol. The van der Waals surface area contributed by atoms with Crippen LogP contribution in [0.25, 0.3) is 21.9 Å². The number of fused-ring (bicyclic) bond motifs is 1. The van der Waals surface area contributed by atoms with E-state index < -0.39 is 7.60 Å². The van der Waals surface area contributed by atoms with Crippen molar-refractivity contribution in [1.82, 2.24) is 0 Å². The number of rotatable bonds is 4. The molecule has 124 valence electrons. The number of aryl methyl sites for hydroxylation is 1. The van der Waals surface area contributed by atoms with Crippen molar-refractivity contribution in [3.63, 3.8) is 0 Å². The normalized spacial score (nSPS) is 11.8. The second-order valence-electron chi connectivity index (χ2n) is 5.79. The van der Waals surface area contributed by atoms with Crippen molar-refractivity contribution in [1.29, 1.82) is 0 Å². The quantitative estimate of drug-likeness (QED) is 0.610. The van der Waals surface area contributed by atoms with E-state index in [4.69, 9.17) is 9.05 Å². The van der Waals surface area contributed by atoms with E-state index in [0.717, 1.165) is 27.5 Å². The van der Waals surface area contributed by atoms with Crippen LogP contribution in [0.2, 0.25) is 0 Å². The van der Waals surface area contributed by atoms with Crippen LogP contribution in [0.1, 0.15) is 11.1 Å². The smallest absolute Gasteiger partial charge is 0.309 e. The fraction of sp³-hybridized carbons (Fsp3) is 0.200. The Morgan fingerprint density at radius 2 is 1.54 bits per heavy atom. The lowest BCUT2D eigenvalue weighted by atomic mass is 9.93. The lowest BCUT2D eigenvalue weighted by Gasteiger charge is -2.21. The summed E-state index contributed by atoms with van der Waals surface area (Å²) in [6.45, 7) is 4.16. The third kappa shape index (κ3) is 2.69. The Labute approximate surface area is 142 Å². The monoisotopic (exact) mass is 340 g/mol. The van der Waals surface area contributed by atoms with E-state index in [0.29, 0.717) is 5.30 Å². The van der Waals surface area contributed by atoms with Gasteiger partial charge < -0.3 is 9.05 Å². The highest BCUT2D eigenvalue weighted by Crippen LogP contribution is 2.49. The summed E-state index contributed by atoms with van der Waals surface area (Å²) >= 11 is 0. The molecule has 3 aromatic carbocycles. The van der Waals surface area contributed by atoms with Gasteiger partial charge in [-0.25, -0.2) is 0 Å². The summed E-state index contributed by atoms with van der Waals surface area (Å²) in [6, 6.07) is 18.1. The molecular weight excluding hydrogens is 319 g/mol. The first-order chi connectivity index (χ1) is 11.5. The molecule has 3 rings (SSSR count). The fourth-order valence-electron chi connectivity index (χ4n) is 3.06. The lowest BCUT2D eigenvalue weighted by molar-refractivity contribution is 0.287. The molecule has 4 heteroatoms. The van der Waals surface area contributed by atoms with Crippen LogP contribution in [0.4, 0.5) is 0 Å². The summed E-state index contributed by atoms with van der Waals surface area (Å²) in [5, 5.41) is 2.73. The second kappa shape index (κ2) is 6.52. The van der Waals surface area contributed by atoms with Crippen LogP contribution in [-0.4, -0.2) is 14.2 Å². The van der Waals surface area contributed by atoms with Gasteiger partial charge in [0.15, 0.2) is 0 Å². The Morgan fingerprint density at radius 1 is 0.833 bits per heavy atom. The summed E-state index contributed by atoms with van der Waals surface area (Å²) in [5.74, 6) is 0. The molecule has 0 atom stereocenters. The Morgan fingerprint density at radius 3 is 2.25 bits per heavy atom. The molecular formula is C20H21O3P. The first kappa shape index (κ1) is 16.9. The van der Waals surface area contributed by atoms with Crippen LogP contribution in [0.3, 0.4) is 0 Å². The Kier molecular flexibility index (Phi) is 4.60. The van der Waals surface area contributed by atoms with E-state index in [1.54, 1.807) is 0 Å². The molecule has 0 aromatic heterocycles. The van der Waals surface area contributed by atoms with Gasteiger partial charge in [0.2, 0.25) is 0 Å². The van der Waals surface area contributed by atoms with E-state index in [1.165, 1.54) is 19.8 Å². The highest BCUT2D eigenvalue weighted by atomic mass is 31.2. The molecule has 0 aliphatic carbocycles. The van der Waals surface area contributed by atoms with Crippen LogP contribution in [-0.2, 0) is 13.6 Å². The number of benzene rings is 3. The molecule has 0 bridgehead atoms. The highest BCUT2D eigenvalue weighted by molar-refractivity contribution is 7.62. The largest absolute Gasteiger partial charge is 0.361 e. The van der Waals surface area contributed by atoms with Gasteiger partial charge in [-0.2, -0.15) is 0 Å². The van der Waals surface area contributed by atoms with E-state index in [-0.39, 0.29) is 0 Å². The molecule has 24 heavy (non-hydrogen) atoms. The van der Waals surface area contributed by atoms with Crippen LogP contribution in [0, 0.1) is 13.8 Å². The van der Waals surface area contributed by atoms with Gasteiger partial charge >= 0.3 is 7.60 Å². The molecule has 0 fully saturated rings. The van der Waals surface area contributed by atoms with Gasteiger partial charge in [0, 0.05) is 19.8 Å². The van der Waals surface area contributed by atoms with Crippen LogP contribution in [0.15, 0.2) is 54.6 Å². The van der Waals surface area contributed by atoms with Gasteiger partial charge in [0.1, 0.15) is 0 Å². The standard InChI is InChI=1S/C20H21O3P/c1-14-8-7-11-17(15(14)2)20-18-10-6-5-9-16(18)12-13-19(20)24(21,22-3)23-4/h5-13H,1-4H3. The molecule has 0 amide bonds. The predicted molar refractivity (Wildman–Crippen MR) is 100 cm³/mol. The van der Waals surface area contributed by atoms with Crippen molar-refractivity contribution in [3.05, 3.63) is 65.7 Å². The third-order valence-corrected chi connectivity index (χ3v) is 6.48. The summed E-state index contributed by atoms with van der Waals surface area (Å²) in [7, 11) is -0.530. The predicted octanol–water partition coefficient (Wildman–Crippen LogP) is 5.23. The summed E-state index contributed by atoms with van der Waals surface area (Å²) < 4.78 is 23.7. The zero-order valence-corrected chi connectivity index (χ0v) is 15.3. The summed E-state index contributed by atoms with van der Waals surface area (Å²) in [5.41, 5.74) is 4.32. The van der Waals surface area contributed by atoms with Gasteiger partial charge in [-0.05, 0) is 47.4 Å². The van der Waals surface area contributed by atoms with Crippen LogP contribution in [0.5, 0.6) is 0 Å². The Balaban J connectivity index is 2.47. The average Bonchev–Trinajstić information content (AvgIpc) is 2.62. The topological polar surface area (TPSA) is 35.5 Å². The van der Waals surface area contributed by atoms with Crippen LogP contribution < -0.4 is 5.30 Å². The maximum Gasteiger partial charge on any atom is 0.361 e. The molecule has 0 radical (unpaired) electrons. The molecule has 0 N–H and O–H groups in total. The molecule has 0 saturated carbocycles. The fourth-order valence-corrected chi connectivity index (χ4v) is 4.38. The van der Waals surface area contributed by atoms with Gasteiger partial charge in [-0.15, -0.1) is 0 Å².